The molecule has 0 bridgehead atoms. The number of nitrogens with zero attached hydrogens (tertiary/aromatic N) is 3. The van der Waals surface area contributed by atoms with Gasteiger partial charge in [0.2, 0.25) is 0 Å². The molecule has 0 aliphatic rings. The van der Waals surface area contributed by atoms with Crippen molar-refractivity contribution in [2.75, 3.05) is 19.0 Å². The largest absolute Gasteiger partial charge is 0.363 e. The van der Waals surface area contributed by atoms with Crippen LogP contribution in [0.15, 0.2) is 6.07 Å². The standard InChI is InChI=1S/C11H19N3/c1-8-7-9(14(5)6)13-10(12-8)11(2,3)4/h7H,1-6H3. The second kappa shape index (κ2) is 3.56. The average Bonchev–Trinajstić information content (AvgIpc) is 2.01. The summed E-state index contributed by atoms with van der Waals surface area (Å²) in [6.07, 6.45) is 0. The first-order valence-electron chi connectivity index (χ1n) is 4.84. The summed E-state index contributed by atoms with van der Waals surface area (Å²) in [5.74, 6) is 1.88. The Morgan fingerprint density at radius 2 is 1.71 bits per heavy atom. The van der Waals surface area contributed by atoms with Gasteiger partial charge in [0.05, 0.1) is 0 Å². The monoisotopic (exact) mass is 193 g/mol. The topological polar surface area (TPSA) is 29.0 Å². The Labute approximate surface area is 86.2 Å². The van der Waals surface area contributed by atoms with Gasteiger partial charge in [0.25, 0.3) is 0 Å². The van der Waals surface area contributed by atoms with Crippen molar-refractivity contribution >= 4 is 5.82 Å². The molecule has 0 saturated carbocycles. The second-order valence-corrected chi connectivity index (χ2v) is 4.84. The number of aromatic nitrogens is 2. The molecule has 0 aliphatic carbocycles. The minimum absolute atomic E-state index is 0.0107. The van der Waals surface area contributed by atoms with Gasteiger partial charge in [-0.3, -0.25) is 0 Å². The smallest absolute Gasteiger partial charge is 0.136 e. The van der Waals surface area contributed by atoms with E-state index in [1.54, 1.807) is 0 Å². The molecule has 1 aromatic heterocycles. The van der Waals surface area contributed by atoms with E-state index in [1.165, 1.54) is 0 Å². The highest BCUT2D eigenvalue weighted by Gasteiger charge is 2.18. The number of anilines is 1. The van der Waals surface area contributed by atoms with E-state index in [9.17, 15) is 0 Å². The quantitative estimate of drug-likeness (QED) is 0.684. The lowest BCUT2D eigenvalue weighted by Gasteiger charge is -2.20. The van der Waals surface area contributed by atoms with Crippen LogP contribution in [0.3, 0.4) is 0 Å². The Morgan fingerprint density at radius 1 is 1.14 bits per heavy atom. The lowest BCUT2D eigenvalue weighted by atomic mass is 9.95. The predicted octanol–water partition coefficient (Wildman–Crippen LogP) is 2.15. The highest BCUT2D eigenvalue weighted by atomic mass is 15.1. The molecule has 0 fully saturated rings. The molecule has 0 aliphatic heterocycles. The maximum Gasteiger partial charge on any atom is 0.136 e. The lowest BCUT2D eigenvalue weighted by molar-refractivity contribution is 0.543. The first kappa shape index (κ1) is 11.0. The van der Waals surface area contributed by atoms with Crippen LogP contribution in [0.2, 0.25) is 0 Å². The van der Waals surface area contributed by atoms with Crippen LogP contribution in [0.25, 0.3) is 0 Å². The number of aryl methyl sites for hydroxylation is 1. The van der Waals surface area contributed by atoms with Crippen LogP contribution < -0.4 is 4.90 Å². The lowest BCUT2D eigenvalue weighted by Crippen LogP contribution is -2.20. The first-order chi connectivity index (χ1) is 6.30. The van der Waals surface area contributed by atoms with E-state index in [0.717, 1.165) is 17.3 Å². The van der Waals surface area contributed by atoms with Gasteiger partial charge in [-0.1, -0.05) is 20.8 Å². The fraction of sp³-hybridized carbons (Fsp3) is 0.636. The summed E-state index contributed by atoms with van der Waals surface area (Å²) in [7, 11) is 3.99. The maximum absolute atomic E-state index is 4.52. The molecule has 0 unspecified atom stereocenters. The fourth-order valence-electron chi connectivity index (χ4n) is 1.12. The van der Waals surface area contributed by atoms with Crippen LogP contribution in [0, 0.1) is 6.92 Å². The molecule has 0 saturated heterocycles. The molecule has 0 radical (unpaired) electrons. The Hall–Kier alpha value is -1.12. The minimum atomic E-state index is 0.0107. The summed E-state index contributed by atoms with van der Waals surface area (Å²) >= 11 is 0. The molecule has 14 heavy (non-hydrogen) atoms. The van der Waals surface area contributed by atoms with E-state index < -0.39 is 0 Å². The molecule has 0 aromatic carbocycles. The molecule has 0 N–H and O–H groups in total. The molecule has 1 heterocycles. The van der Waals surface area contributed by atoms with Gasteiger partial charge >= 0.3 is 0 Å². The molecule has 3 heteroatoms. The van der Waals surface area contributed by atoms with Crippen LogP contribution in [0.1, 0.15) is 32.3 Å². The normalized spacial score (nSPS) is 11.6. The summed E-state index contributed by atoms with van der Waals surface area (Å²) in [4.78, 5) is 11.0. The SMILES string of the molecule is Cc1cc(N(C)C)nc(C(C)(C)C)n1. The summed E-state index contributed by atoms with van der Waals surface area (Å²) in [6, 6.07) is 2.00. The highest BCUT2D eigenvalue weighted by molar-refractivity contribution is 5.38. The maximum atomic E-state index is 4.52. The van der Waals surface area contributed by atoms with E-state index in [1.807, 2.05) is 32.0 Å². The van der Waals surface area contributed by atoms with Gasteiger partial charge < -0.3 is 4.90 Å². The first-order valence-corrected chi connectivity index (χ1v) is 4.84. The number of hydrogen-bond donors (Lipinski definition) is 0. The molecule has 78 valence electrons. The van der Waals surface area contributed by atoms with Crippen molar-refractivity contribution < 1.29 is 0 Å². The van der Waals surface area contributed by atoms with E-state index in [0.29, 0.717) is 0 Å². The van der Waals surface area contributed by atoms with Crippen molar-refractivity contribution in [3.05, 3.63) is 17.6 Å². The minimum Gasteiger partial charge on any atom is -0.363 e. The fourth-order valence-corrected chi connectivity index (χ4v) is 1.12. The zero-order valence-corrected chi connectivity index (χ0v) is 9.92. The molecule has 0 amide bonds. The third-order valence-corrected chi connectivity index (χ3v) is 1.97. The van der Waals surface area contributed by atoms with Crippen molar-refractivity contribution in [1.29, 1.82) is 0 Å². The molecule has 0 atom stereocenters. The summed E-state index contributed by atoms with van der Waals surface area (Å²) in [5, 5.41) is 0. The summed E-state index contributed by atoms with van der Waals surface area (Å²) < 4.78 is 0. The summed E-state index contributed by atoms with van der Waals surface area (Å²) in [6.45, 7) is 8.38. The van der Waals surface area contributed by atoms with Crippen molar-refractivity contribution in [2.24, 2.45) is 0 Å². The van der Waals surface area contributed by atoms with Crippen molar-refractivity contribution in [1.82, 2.24) is 9.97 Å². The van der Waals surface area contributed by atoms with Gasteiger partial charge in [0.15, 0.2) is 0 Å². The number of rotatable bonds is 1. The van der Waals surface area contributed by atoms with Gasteiger partial charge in [-0.2, -0.15) is 0 Å². The van der Waals surface area contributed by atoms with Crippen molar-refractivity contribution in [3.8, 4) is 0 Å². The molecule has 0 spiro atoms. The molecule has 3 nitrogen and oxygen atoms in total. The average molecular weight is 193 g/mol. The molecule has 1 aromatic rings. The Balaban J connectivity index is 3.21. The third kappa shape index (κ3) is 2.44. The second-order valence-electron chi connectivity index (χ2n) is 4.84. The van der Waals surface area contributed by atoms with Gasteiger partial charge in [-0.25, -0.2) is 9.97 Å². The van der Waals surface area contributed by atoms with Crippen LogP contribution in [0.5, 0.6) is 0 Å². The van der Waals surface area contributed by atoms with E-state index in [-0.39, 0.29) is 5.41 Å². The van der Waals surface area contributed by atoms with Crippen LogP contribution >= 0.6 is 0 Å². The highest BCUT2D eigenvalue weighted by Crippen LogP contribution is 2.20. The molecular weight excluding hydrogens is 174 g/mol. The summed E-state index contributed by atoms with van der Waals surface area (Å²) in [5.41, 5.74) is 1.03. The zero-order valence-electron chi connectivity index (χ0n) is 9.92. The van der Waals surface area contributed by atoms with Gasteiger partial charge in [-0.05, 0) is 6.92 Å². The zero-order chi connectivity index (χ0) is 10.9. The number of hydrogen-bond acceptors (Lipinski definition) is 3. The van der Waals surface area contributed by atoms with Crippen molar-refractivity contribution in [2.45, 2.75) is 33.1 Å². The van der Waals surface area contributed by atoms with Gasteiger partial charge in [0, 0.05) is 31.3 Å². The van der Waals surface area contributed by atoms with Crippen LogP contribution in [0.4, 0.5) is 5.82 Å². The van der Waals surface area contributed by atoms with E-state index in [2.05, 4.69) is 30.7 Å². The van der Waals surface area contributed by atoms with E-state index in [4.69, 9.17) is 0 Å². The van der Waals surface area contributed by atoms with E-state index >= 15 is 0 Å². The van der Waals surface area contributed by atoms with Crippen molar-refractivity contribution in [3.63, 3.8) is 0 Å². The Kier molecular flexibility index (Phi) is 2.79. The van der Waals surface area contributed by atoms with Crippen LogP contribution in [-0.2, 0) is 5.41 Å². The predicted molar refractivity (Wildman–Crippen MR) is 59.8 cm³/mol. The van der Waals surface area contributed by atoms with Gasteiger partial charge in [0.1, 0.15) is 11.6 Å². The van der Waals surface area contributed by atoms with Crippen LogP contribution in [-0.4, -0.2) is 24.1 Å². The third-order valence-electron chi connectivity index (χ3n) is 1.97. The molecular formula is C11H19N3. The Morgan fingerprint density at radius 3 is 2.14 bits per heavy atom. The Bertz CT molecular complexity index is 324. The molecule has 1 rings (SSSR count). The van der Waals surface area contributed by atoms with Gasteiger partial charge in [-0.15, -0.1) is 0 Å².